The van der Waals surface area contributed by atoms with Crippen molar-refractivity contribution < 1.29 is 4.79 Å². The molecule has 23 heavy (non-hydrogen) atoms. The molecule has 0 bridgehead atoms. The standard InChI is InChI=1S/C16H26N4O.2ClH/c1-2-17-9-10-18-16(21)14-7-8-15(19-13-14)20-11-5-3-4-6-12-20;;/h7-8,13,17H,2-6,9-12H2,1H3,(H,18,21);2*1H. The van der Waals surface area contributed by atoms with E-state index in [1.165, 1.54) is 25.7 Å². The first-order chi connectivity index (χ1) is 10.3. The minimum Gasteiger partial charge on any atom is -0.357 e. The Balaban J connectivity index is 0.00000242. The van der Waals surface area contributed by atoms with Crippen LogP contribution in [-0.4, -0.2) is 43.6 Å². The third kappa shape index (κ3) is 7.38. The second kappa shape index (κ2) is 12.4. The molecule has 1 aromatic rings. The number of carbonyl (C=O) groups is 1. The van der Waals surface area contributed by atoms with Gasteiger partial charge in [-0.15, -0.1) is 24.8 Å². The first kappa shape index (κ1) is 22.0. The molecule has 1 aliphatic rings. The number of anilines is 1. The Morgan fingerprint density at radius 2 is 1.83 bits per heavy atom. The van der Waals surface area contributed by atoms with E-state index in [-0.39, 0.29) is 30.7 Å². The summed E-state index contributed by atoms with van der Waals surface area (Å²) in [5, 5.41) is 6.06. The van der Waals surface area contributed by atoms with E-state index in [0.29, 0.717) is 12.1 Å². The van der Waals surface area contributed by atoms with Gasteiger partial charge in [0, 0.05) is 32.4 Å². The highest BCUT2D eigenvalue weighted by atomic mass is 35.5. The van der Waals surface area contributed by atoms with Crippen LogP contribution in [0.15, 0.2) is 18.3 Å². The van der Waals surface area contributed by atoms with Crippen molar-refractivity contribution in [2.75, 3.05) is 37.6 Å². The Kier molecular flexibility index (Phi) is 11.8. The molecule has 0 aliphatic carbocycles. The summed E-state index contributed by atoms with van der Waals surface area (Å²) in [6, 6.07) is 3.83. The van der Waals surface area contributed by atoms with Gasteiger partial charge in [-0.2, -0.15) is 0 Å². The summed E-state index contributed by atoms with van der Waals surface area (Å²) in [4.78, 5) is 18.7. The highest BCUT2D eigenvalue weighted by Crippen LogP contribution is 2.17. The second-order valence-electron chi connectivity index (χ2n) is 5.42. The zero-order chi connectivity index (χ0) is 14.9. The number of nitrogens with zero attached hydrogens (tertiary/aromatic N) is 2. The molecule has 1 aromatic heterocycles. The fourth-order valence-corrected chi connectivity index (χ4v) is 2.55. The van der Waals surface area contributed by atoms with Gasteiger partial charge in [-0.05, 0) is 31.5 Å². The van der Waals surface area contributed by atoms with Crippen molar-refractivity contribution >= 4 is 36.5 Å². The average Bonchev–Trinajstić information content (AvgIpc) is 2.81. The minimum atomic E-state index is -0.0529. The maximum atomic E-state index is 12.0. The predicted molar refractivity (Wildman–Crippen MR) is 100 cm³/mol. The van der Waals surface area contributed by atoms with Gasteiger partial charge < -0.3 is 15.5 Å². The van der Waals surface area contributed by atoms with E-state index in [1.54, 1.807) is 6.20 Å². The number of carbonyl (C=O) groups excluding carboxylic acids is 1. The lowest BCUT2D eigenvalue weighted by atomic mass is 10.2. The summed E-state index contributed by atoms with van der Waals surface area (Å²) in [5.41, 5.74) is 0.630. The van der Waals surface area contributed by atoms with Crippen LogP contribution in [0.4, 0.5) is 5.82 Å². The monoisotopic (exact) mass is 362 g/mol. The van der Waals surface area contributed by atoms with E-state index in [4.69, 9.17) is 0 Å². The quantitative estimate of drug-likeness (QED) is 0.763. The van der Waals surface area contributed by atoms with Gasteiger partial charge in [0.1, 0.15) is 5.82 Å². The summed E-state index contributed by atoms with van der Waals surface area (Å²) in [6.07, 6.45) is 6.76. The highest BCUT2D eigenvalue weighted by molar-refractivity contribution is 5.94. The van der Waals surface area contributed by atoms with Gasteiger partial charge in [0.05, 0.1) is 5.56 Å². The van der Waals surface area contributed by atoms with Crippen molar-refractivity contribution in [2.24, 2.45) is 0 Å². The normalized spacial score (nSPS) is 14.2. The molecule has 0 spiro atoms. The third-order valence-corrected chi connectivity index (χ3v) is 3.78. The molecule has 1 saturated heterocycles. The summed E-state index contributed by atoms with van der Waals surface area (Å²) in [5.74, 6) is 0.934. The zero-order valence-corrected chi connectivity index (χ0v) is 15.3. The Labute approximate surface area is 151 Å². The van der Waals surface area contributed by atoms with Crippen LogP contribution in [0.2, 0.25) is 0 Å². The lowest BCUT2D eigenvalue weighted by Crippen LogP contribution is -2.32. The van der Waals surface area contributed by atoms with Crippen LogP contribution in [0.3, 0.4) is 0 Å². The van der Waals surface area contributed by atoms with Crippen LogP contribution in [0.25, 0.3) is 0 Å². The number of hydrogen-bond acceptors (Lipinski definition) is 4. The molecule has 2 rings (SSSR count). The molecule has 0 radical (unpaired) electrons. The molecule has 132 valence electrons. The fourth-order valence-electron chi connectivity index (χ4n) is 2.55. The molecular formula is C16H28Cl2N4O. The molecule has 0 aromatic carbocycles. The maximum Gasteiger partial charge on any atom is 0.252 e. The number of aromatic nitrogens is 1. The average molecular weight is 363 g/mol. The summed E-state index contributed by atoms with van der Waals surface area (Å²) < 4.78 is 0. The molecule has 2 heterocycles. The van der Waals surface area contributed by atoms with Crippen LogP contribution in [-0.2, 0) is 0 Å². The van der Waals surface area contributed by atoms with Crippen molar-refractivity contribution in [2.45, 2.75) is 32.6 Å². The molecule has 5 nitrogen and oxygen atoms in total. The minimum absolute atomic E-state index is 0. The SMILES string of the molecule is CCNCCNC(=O)c1ccc(N2CCCCCC2)nc1.Cl.Cl. The van der Waals surface area contributed by atoms with Crippen LogP contribution in [0.5, 0.6) is 0 Å². The third-order valence-electron chi connectivity index (χ3n) is 3.78. The number of likely N-dealkylation sites (N-methyl/N-ethyl adjacent to an activating group) is 1. The smallest absolute Gasteiger partial charge is 0.252 e. The Morgan fingerprint density at radius 3 is 2.39 bits per heavy atom. The van der Waals surface area contributed by atoms with Gasteiger partial charge >= 0.3 is 0 Å². The lowest BCUT2D eigenvalue weighted by Gasteiger charge is -2.21. The van der Waals surface area contributed by atoms with Crippen molar-refractivity contribution in [3.63, 3.8) is 0 Å². The zero-order valence-electron chi connectivity index (χ0n) is 13.7. The van der Waals surface area contributed by atoms with Crippen LogP contribution >= 0.6 is 24.8 Å². The summed E-state index contributed by atoms with van der Waals surface area (Å²) in [7, 11) is 0. The number of amides is 1. The van der Waals surface area contributed by atoms with Gasteiger partial charge in [-0.25, -0.2) is 4.98 Å². The number of nitrogens with one attached hydrogen (secondary N) is 2. The number of hydrogen-bond donors (Lipinski definition) is 2. The van der Waals surface area contributed by atoms with Crippen LogP contribution in [0, 0.1) is 0 Å². The molecule has 0 saturated carbocycles. The second-order valence-corrected chi connectivity index (χ2v) is 5.42. The largest absolute Gasteiger partial charge is 0.357 e. The molecule has 0 unspecified atom stereocenters. The summed E-state index contributed by atoms with van der Waals surface area (Å²) in [6.45, 7) is 6.54. The Bertz CT molecular complexity index is 434. The van der Waals surface area contributed by atoms with Crippen molar-refractivity contribution in [3.05, 3.63) is 23.9 Å². The Morgan fingerprint density at radius 1 is 1.13 bits per heavy atom. The number of halogens is 2. The van der Waals surface area contributed by atoms with E-state index in [2.05, 4.69) is 20.5 Å². The van der Waals surface area contributed by atoms with Crippen LogP contribution in [0.1, 0.15) is 43.0 Å². The highest BCUT2D eigenvalue weighted by Gasteiger charge is 2.12. The van der Waals surface area contributed by atoms with E-state index in [0.717, 1.165) is 32.0 Å². The molecule has 2 N–H and O–H groups in total. The first-order valence-corrected chi connectivity index (χ1v) is 8.01. The van der Waals surface area contributed by atoms with E-state index in [1.807, 2.05) is 19.1 Å². The number of rotatable bonds is 6. The van der Waals surface area contributed by atoms with E-state index >= 15 is 0 Å². The number of pyridine rings is 1. The van der Waals surface area contributed by atoms with Gasteiger partial charge in [-0.3, -0.25) is 4.79 Å². The van der Waals surface area contributed by atoms with Gasteiger partial charge in [-0.1, -0.05) is 19.8 Å². The summed E-state index contributed by atoms with van der Waals surface area (Å²) >= 11 is 0. The van der Waals surface area contributed by atoms with Gasteiger partial charge in [0.15, 0.2) is 0 Å². The van der Waals surface area contributed by atoms with Gasteiger partial charge in [0.25, 0.3) is 5.91 Å². The maximum absolute atomic E-state index is 12.0. The van der Waals surface area contributed by atoms with Gasteiger partial charge in [0.2, 0.25) is 0 Å². The topological polar surface area (TPSA) is 57.3 Å². The Hall–Kier alpha value is -1.04. The van der Waals surface area contributed by atoms with E-state index < -0.39 is 0 Å². The van der Waals surface area contributed by atoms with Crippen molar-refractivity contribution in [1.82, 2.24) is 15.6 Å². The first-order valence-electron chi connectivity index (χ1n) is 8.01. The van der Waals surface area contributed by atoms with Crippen molar-refractivity contribution in [3.8, 4) is 0 Å². The van der Waals surface area contributed by atoms with Crippen molar-refractivity contribution in [1.29, 1.82) is 0 Å². The van der Waals surface area contributed by atoms with E-state index in [9.17, 15) is 4.79 Å². The molecule has 1 amide bonds. The predicted octanol–water partition coefficient (Wildman–Crippen LogP) is 2.64. The lowest BCUT2D eigenvalue weighted by molar-refractivity contribution is 0.0953. The molecule has 1 aliphatic heterocycles. The molecule has 0 atom stereocenters. The molecule has 1 fully saturated rings. The fraction of sp³-hybridized carbons (Fsp3) is 0.625. The molecule has 7 heteroatoms. The molecular weight excluding hydrogens is 335 g/mol. The van der Waals surface area contributed by atoms with Crippen LogP contribution < -0.4 is 15.5 Å².